The average molecular weight is 360 g/mol. The molecule has 2 N–H and O–H groups in total. The molecule has 0 bridgehead atoms. The van der Waals surface area contributed by atoms with Gasteiger partial charge in [0.2, 0.25) is 0 Å². The van der Waals surface area contributed by atoms with Gasteiger partial charge in [0, 0.05) is 10.9 Å². The molecule has 0 aliphatic carbocycles. The lowest BCUT2D eigenvalue weighted by Gasteiger charge is -1.99. The summed E-state index contributed by atoms with van der Waals surface area (Å²) in [6.07, 6.45) is 1.60. The van der Waals surface area contributed by atoms with Gasteiger partial charge >= 0.3 is 5.97 Å². The number of hydrogen-bond donors (Lipinski definition) is 2. The van der Waals surface area contributed by atoms with Gasteiger partial charge in [-0.25, -0.2) is 10.2 Å². The predicted octanol–water partition coefficient (Wildman–Crippen LogP) is 3.05. The number of ether oxygens (including phenoxy) is 1. The Morgan fingerprint density at radius 2 is 2.00 bits per heavy atom. The Kier molecular flexibility index (Phi) is 4.21. The molecule has 2 aromatic heterocycles. The van der Waals surface area contributed by atoms with Gasteiger partial charge in [0.05, 0.1) is 18.9 Å². The number of anilines is 1. The molecule has 2 heterocycles. The molecule has 8 nitrogen and oxygen atoms in total. The molecule has 8 heteroatoms. The summed E-state index contributed by atoms with van der Waals surface area (Å²) >= 11 is 0. The summed E-state index contributed by atoms with van der Waals surface area (Å²) in [5.41, 5.74) is 7.53. The first-order valence-electron chi connectivity index (χ1n) is 8.24. The van der Waals surface area contributed by atoms with Gasteiger partial charge in [0.1, 0.15) is 5.52 Å². The molecule has 0 aliphatic rings. The standard InChI is InChI=1S/C19H16N6O2/c1-11-3-8-15-14(9-11)16-17(21-15)22-19(25-23-16)24-20-10-12-4-6-13(7-5-12)18(26)27-2/h3-10H,1-2H3,(H2,21,22,24,25)/b20-10+. The molecule has 0 saturated heterocycles. The number of carbonyl (C=O) groups is 1. The number of aromatic amines is 1. The Bertz CT molecular complexity index is 1160. The van der Waals surface area contributed by atoms with Crippen LogP contribution in [-0.4, -0.2) is 39.5 Å². The van der Waals surface area contributed by atoms with Crippen molar-refractivity contribution >= 4 is 40.2 Å². The second-order valence-corrected chi connectivity index (χ2v) is 5.99. The van der Waals surface area contributed by atoms with Crippen LogP contribution in [-0.2, 0) is 4.74 Å². The lowest BCUT2D eigenvalue weighted by Crippen LogP contribution is -2.01. The molecule has 0 saturated carbocycles. The molecule has 0 unspecified atom stereocenters. The van der Waals surface area contributed by atoms with Crippen molar-refractivity contribution in [2.45, 2.75) is 6.92 Å². The summed E-state index contributed by atoms with van der Waals surface area (Å²) in [5, 5.41) is 13.4. The number of rotatable bonds is 4. The number of H-pyrrole nitrogens is 1. The van der Waals surface area contributed by atoms with Crippen LogP contribution in [0.5, 0.6) is 0 Å². The highest BCUT2D eigenvalue weighted by molar-refractivity contribution is 6.03. The average Bonchev–Trinajstić information content (AvgIpc) is 3.05. The van der Waals surface area contributed by atoms with Crippen molar-refractivity contribution < 1.29 is 9.53 Å². The molecule has 4 rings (SSSR count). The summed E-state index contributed by atoms with van der Waals surface area (Å²) in [6.45, 7) is 2.03. The molecule has 0 radical (unpaired) electrons. The molecule has 2 aromatic carbocycles. The lowest BCUT2D eigenvalue weighted by atomic mass is 10.1. The van der Waals surface area contributed by atoms with E-state index in [-0.39, 0.29) is 11.9 Å². The van der Waals surface area contributed by atoms with Crippen LogP contribution in [0.3, 0.4) is 0 Å². The van der Waals surface area contributed by atoms with Crippen LogP contribution in [0, 0.1) is 6.92 Å². The van der Waals surface area contributed by atoms with Gasteiger partial charge in [-0.15, -0.1) is 10.2 Å². The SMILES string of the molecule is COC(=O)c1ccc(/C=N/Nc2nnc3c(n2)[nH]c2ccc(C)cc23)cc1. The molecule has 0 aliphatic heterocycles. The number of fused-ring (bicyclic) bond motifs is 3. The van der Waals surface area contributed by atoms with Crippen LogP contribution >= 0.6 is 0 Å². The second kappa shape index (κ2) is 6.83. The zero-order chi connectivity index (χ0) is 18.8. The van der Waals surface area contributed by atoms with Crippen LogP contribution in [0.15, 0.2) is 47.6 Å². The normalized spacial score (nSPS) is 11.3. The number of methoxy groups -OCH3 is 1. The summed E-state index contributed by atoms with van der Waals surface area (Å²) in [5.74, 6) is -0.0915. The number of nitrogens with zero attached hydrogens (tertiary/aromatic N) is 4. The van der Waals surface area contributed by atoms with Crippen LogP contribution in [0.4, 0.5) is 5.95 Å². The maximum absolute atomic E-state index is 11.4. The van der Waals surface area contributed by atoms with E-state index in [0.29, 0.717) is 11.2 Å². The zero-order valence-corrected chi connectivity index (χ0v) is 14.7. The van der Waals surface area contributed by atoms with Crippen molar-refractivity contribution in [2.75, 3.05) is 12.5 Å². The maximum atomic E-state index is 11.4. The fourth-order valence-electron chi connectivity index (χ4n) is 2.72. The van der Waals surface area contributed by atoms with Crippen molar-refractivity contribution in [1.82, 2.24) is 20.2 Å². The van der Waals surface area contributed by atoms with Gasteiger partial charge in [-0.05, 0) is 36.8 Å². The largest absolute Gasteiger partial charge is 0.465 e. The third-order valence-electron chi connectivity index (χ3n) is 4.08. The van der Waals surface area contributed by atoms with E-state index in [9.17, 15) is 4.79 Å². The monoisotopic (exact) mass is 360 g/mol. The summed E-state index contributed by atoms with van der Waals surface area (Å²) in [4.78, 5) is 19.1. The highest BCUT2D eigenvalue weighted by Crippen LogP contribution is 2.23. The third kappa shape index (κ3) is 3.32. The summed E-state index contributed by atoms with van der Waals surface area (Å²) < 4.78 is 4.67. The number of carbonyl (C=O) groups excluding carboxylic acids is 1. The van der Waals surface area contributed by atoms with E-state index in [4.69, 9.17) is 0 Å². The van der Waals surface area contributed by atoms with Crippen LogP contribution < -0.4 is 5.43 Å². The Balaban J connectivity index is 1.52. The molecular weight excluding hydrogens is 344 g/mol. The molecule has 0 spiro atoms. The van der Waals surface area contributed by atoms with Crippen LogP contribution in [0.25, 0.3) is 22.1 Å². The van der Waals surface area contributed by atoms with Gasteiger partial charge in [0.15, 0.2) is 5.65 Å². The minimum Gasteiger partial charge on any atom is -0.465 e. The van der Waals surface area contributed by atoms with E-state index >= 15 is 0 Å². The number of nitrogens with one attached hydrogen (secondary N) is 2. The lowest BCUT2D eigenvalue weighted by molar-refractivity contribution is 0.0600. The fraction of sp³-hybridized carbons (Fsp3) is 0.105. The molecule has 0 amide bonds. The smallest absolute Gasteiger partial charge is 0.337 e. The number of hydrogen-bond acceptors (Lipinski definition) is 7. The first-order valence-corrected chi connectivity index (χ1v) is 8.24. The Morgan fingerprint density at radius 3 is 2.78 bits per heavy atom. The van der Waals surface area contributed by atoms with Crippen molar-refractivity contribution in [1.29, 1.82) is 0 Å². The first kappa shape index (κ1) is 16.6. The Hall–Kier alpha value is -3.81. The van der Waals surface area contributed by atoms with E-state index in [0.717, 1.165) is 27.5 Å². The van der Waals surface area contributed by atoms with Gasteiger partial charge in [-0.1, -0.05) is 23.8 Å². The third-order valence-corrected chi connectivity index (χ3v) is 4.08. The number of aryl methyl sites for hydroxylation is 1. The van der Waals surface area contributed by atoms with E-state index in [1.807, 2.05) is 25.1 Å². The number of hydrazone groups is 1. The Morgan fingerprint density at radius 1 is 1.19 bits per heavy atom. The molecular formula is C19H16N6O2. The van der Waals surface area contributed by atoms with Crippen molar-refractivity contribution in [3.8, 4) is 0 Å². The molecule has 27 heavy (non-hydrogen) atoms. The van der Waals surface area contributed by atoms with Crippen LogP contribution in [0.1, 0.15) is 21.5 Å². The van der Waals surface area contributed by atoms with Crippen molar-refractivity contribution in [3.05, 3.63) is 59.2 Å². The van der Waals surface area contributed by atoms with E-state index in [1.54, 1.807) is 30.5 Å². The van der Waals surface area contributed by atoms with E-state index in [1.165, 1.54) is 7.11 Å². The summed E-state index contributed by atoms with van der Waals surface area (Å²) in [7, 11) is 1.35. The molecule has 0 atom stereocenters. The van der Waals surface area contributed by atoms with Gasteiger partial charge < -0.3 is 9.72 Å². The maximum Gasteiger partial charge on any atom is 0.337 e. The molecule has 4 aromatic rings. The molecule has 134 valence electrons. The fourth-order valence-corrected chi connectivity index (χ4v) is 2.72. The van der Waals surface area contributed by atoms with Crippen molar-refractivity contribution in [3.63, 3.8) is 0 Å². The topological polar surface area (TPSA) is 105 Å². The van der Waals surface area contributed by atoms with Gasteiger partial charge in [-0.3, -0.25) is 0 Å². The van der Waals surface area contributed by atoms with Gasteiger partial charge in [0.25, 0.3) is 5.95 Å². The van der Waals surface area contributed by atoms with E-state index in [2.05, 4.69) is 35.4 Å². The number of esters is 1. The highest BCUT2D eigenvalue weighted by Gasteiger charge is 2.09. The zero-order valence-electron chi connectivity index (χ0n) is 14.7. The minimum absolute atomic E-state index is 0.285. The minimum atomic E-state index is -0.377. The Labute approximate surface area is 154 Å². The second-order valence-electron chi connectivity index (χ2n) is 5.99. The van der Waals surface area contributed by atoms with E-state index < -0.39 is 0 Å². The van der Waals surface area contributed by atoms with Gasteiger partial charge in [-0.2, -0.15) is 10.1 Å². The summed E-state index contributed by atoms with van der Waals surface area (Å²) in [6, 6.07) is 12.9. The number of benzene rings is 2. The first-order chi connectivity index (χ1) is 13.1. The van der Waals surface area contributed by atoms with Crippen LogP contribution in [0.2, 0.25) is 0 Å². The molecule has 0 fully saturated rings. The number of aromatic nitrogens is 4. The quantitative estimate of drug-likeness (QED) is 0.329. The van der Waals surface area contributed by atoms with Crippen molar-refractivity contribution in [2.24, 2.45) is 5.10 Å². The predicted molar refractivity (Wildman–Crippen MR) is 103 cm³/mol. The highest BCUT2D eigenvalue weighted by atomic mass is 16.5.